The number of ketones is 1. The molecule has 0 radical (unpaired) electrons. The smallest absolute Gasteiger partial charge is 0.136 e. The predicted molar refractivity (Wildman–Crippen MR) is 70.6 cm³/mol. The van der Waals surface area contributed by atoms with Gasteiger partial charge >= 0.3 is 0 Å². The van der Waals surface area contributed by atoms with Crippen molar-refractivity contribution in [3.8, 4) is 0 Å². The second-order valence-corrected chi connectivity index (χ2v) is 6.24. The lowest BCUT2D eigenvalue weighted by Crippen LogP contribution is -2.60. The van der Waals surface area contributed by atoms with Crippen molar-refractivity contribution < 1.29 is 9.53 Å². The molecule has 3 nitrogen and oxygen atoms in total. The Labute approximate surface area is 110 Å². The van der Waals surface area contributed by atoms with Gasteiger partial charge in [0.05, 0.1) is 13.2 Å². The lowest BCUT2D eigenvalue weighted by atomic mass is 9.87. The molecule has 0 aromatic heterocycles. The molecule has 1 saturated carbocycles. The first-order chi connectivity index (χ1) is 8.84. The van der Waals surface area contributed by atoms with E-state index in [2.05, 4.69) is 4.90 Å². The Balaban J connectivity index is 1.70. The van der Waals surface area contributed by atoms with Crippen molar-refractivity contribution in [3.05, 3.63) is 0 Å². The molecule has 18 heavy (non-hydrogen) atoms. The third-order valence-corrected chi connectivity index (χ3v) is 4.89. The maximum atomic E-state index is 11.7. The molecule has 2 unspecified atom stereocenters. The number of carbonyl (C=O) groups is 1. The second kappa shape index (κ2) is 5.70. The summed E-state index contributed by atoms with van der Waals surface area (Å²) >= 11 is 0. The molecule has 2 aliphatic heterocycles. The summed E-state index contributed by atoms with van der Waals surface area (Å²) in [6, 6.07) is 1.49. The topological polar surface area (TPSA) is 29.5 Å². The molecule has 102 valence electrons. The van der Waals surface area contributed by atoms with Gasteiger partial charge in [0, 0.05) is 31.0 Å². The van der Waals surface area contributed by atoms with Crippen molar-refractivity contribution in [1.29, 1.82) is 0 Å². The van der Waals surface area contributed by atoms with Gasteiger partial charge in [0.15, 0.2) is 0 Å². The number of ether oxygens (including phenoxy) is 1. The van der Waals surface area contributed by atoms with Crippen LogP contribution in [0.15, 0.2) is 0 Å². The van der Waals surface area contributed by atoms with Gasteiger partial charge in [-0.2, -0.15) is 0 Å². The quantitative estimate of drug-likeness (QED) is 0.717. The number of hydrogen-bond donors (Lipinski definition) is 0. The standard InChI is InChI=1S/C15H25NO2/c17-15-8-13-10-18-11-14(9-15)16(13)12-6-4-2-1-3-5-7-12/h12-14H,1-11H2. The largest absolute Gasteiger partial charge is 0.378 e. The van der Waals surface area contributed by atoms with Crippen LogP contribution < -0.4 is 0 Å². The maximum Gasteiger partial charge on any atom is 0.136 e. The molecule has 0 aromatic rings. The number of Topliss-reactive ketones (excluding diaryl/α,β-unsaturated/α-hetero) is 1. The molecule has 1 aliphatic carbocycles. The van der Waals surface area contributed by atoms with Crippen molar-refractivity contribution in [3.63, 3.8) is 0 Å². The van der Waals surface area contributed by atoms with Crippen LogP contribution in [0.4, 0.5) is 0 Å². The monoisotopic (exact) mass is 251 g/mol. The van der Waals surface area contributed by atoms with E-state index in [-0.39, 0.29) is 0 Å². The molecule has 0 amide bonds. The molecule has 2 bridgehead atoms. The summed E-state index contributed by atoms with van der Waals surface area (Å²) in [6.45, 7) is 1.55. The molecular weight excluding hydrogens is 226 g/mol. The molecule has 0 spiro atoms. The van der Waals surface area contributed by atoms with Crippen molar-refractivity contribution in [2.75, 3.05) is 13.2 Å². The number of hydrogen-bond acceptors (Lipinski definition) is 3. The highest BCUT2D eigenvalue weighted by Gasteiger charge is 2.41. The Morgan fingerprint density at radius 3 is 2.00 bits per heavy atom. The van der Waals surface area contributed by atoms with Crippen LogP contribution in [0.25, 0.3) is 0 Å². The van der Waals surface area contributed by atoms with Crippen LogP contribution in [0, 0.1) is 0 Å². The summed E-state index contributed by atoms with van der Waals surface area (Å²) in [5.74, 6) is 0.454. The Hall–Kier alpha value is -0.410. The first-order valence-electron chi connectivity index (χ1n) is 7.71. The fourth-order valence-corrected chi connectivity index (χ4v) is 4.08. The Morgan fingerprint density at radius 1 is 0.833 bits per heavy atom. The molecule has 3 aliphatic rings. The third-order valence-electron chi connectivity index (χ3n) is 4.89. The fraction of sp³-hybridized carbons (Fsp3) is 0.933. The molecule has 0 N–H and O–H groups in total. The number of rotatable bonds is 1. The van der Waals surface area contributed by atoms with Gasteiger partial charge in [-0.1, -0.05) is 32.1 Å². The van der Waals surface area contributed by atoms with E-state index in [0.717, 1.165) is 32.1 Å². The van der Waals surface area contributed by atoms with Crippen LogP contribution in [0.2, 0.25) is 0 Å². The van der Waals surface area contributed by atoms with Gasteiger partial charge in [-0.25, -0.2) is 0 Å². The van der Waals surface area contributed by atoms with Crippen molar-refractivity contribution in [2.24, 2.45) is 0 Å². The van der Waals surface area contributed by atoms with E-state index in [4.69, 9.17) is 4.74 Å². The van der Waals surface area contributed by atoms with Crippen LogP contribution in [0.3, 0.4) is 0 Å². The molecule has 3 fully saturated rings. The summed E-state index contributed by atoms with van der Waals surface area (Å²) in [5, 5.41) is 0. The minimum absolute atomic E-state index is 0.384. The lowest BCUT2D eigenvalue weighted by molar-refractivity contribution is -0.140. The summed E-state index contributed by atoms with van der Waals surface area (Å²) in [5.41, 5.74) is 0. The lowest BCUT2D eigenvalue weighted by Gasteiger charge is -2.49. The number of nitrogens with zero attached hydrogens (tertiary/aromatic N) is 1. The van der Waals surface area contributed by atoms with Gasteiger partial charge in [-0.05, 0) is 12.8 Å². The van der Waals surface area contributed by atoms with Gasteiger partial charge in [0.2, 0.25) is 0 Å². The summed E-state index contributed by atoms with van der Waals surface area (Å²) in [6.07, 6.45) is 11.1. The normalized spacial score (nSPS) is 36.1. The summed E-state index contributed by atoms with van der Waals surface area (Å²) in [4.78, 5) is 14.4. The van der Waals surface area contributed by atoms with E-state index < -0.39 is 0 Å². The number of fused-ring (bicyclic) bond motifs is 2. The maximum absolute atomic E-state index is 11.7. The molecular formula is C15H25NO2. The highest BCUT2D eigenvalue weighted by molar-refractivity contribution is 5.80. The van der Waals surface area contributed by atoms with E-state index in [1.54, 1.807) is 0 Å². The SMILES string of the molecule is O=C1CC2COCC(C1)N2C1CCCCCCC1. The summed E-state index contributed by atoms with van der Waals surface area (Å²) < 4.78 is 5.67. The van der Waals surface area contributed by atoms with Crippen molar-refractivity contribution in [2.45, 2.75) is 75.9 Å². The van der Waals surface area contributed by atoms with E-state index in [1.165, 1.54) is 44.9 Å². The van der Waals surface area contributed by atoms with E-state index in [0.29, 0.717) is 17.9 Å². The molecule has 2 saturated heterocycles. The van der Waals surface area contributed by atoms with Gasteiger partial charge < -0.3 is 4.74 Å². The van der Waals surface area contributed by atoms with Crippen molar-refractivity contribution in [1.82, 2.24) is 4.90 Å². The average Bonchev–Trinajstić information content (AvgIpc) is 2.28. The van der Waals surface area contributed by atoms with Gasteiger partial charge in [-0.15, -0.1) is 0 Å². The zero-order chi connectivity index (χ0) is 12.4. The Kier molecular flexibility index (Phi) is 4.00. The first kappa shape index (κ1) is 12.6. The minimum atomic E-state index is 0.384. The van der Waals surface area contributed by atoms with Gasteiger partial charge in [0.25, 0.3) is 0 Å². The molecule has 3 heteroatoms. The van der Waals surface area contributed by atoms with Crippen molar-refractivity contribution >= 4 is 5.78 Å². The zero-order valence-corrected chi connectivity index (χ0v) is 11.3. The van der Waals surface area contributed by atoms with Gasteiger partial charge in [-0.3, -0.25) is 9.69 Å². The highest BCUT2D eigenvalue weighted by atomic mass is 16.5. The van der Waals surface area contributed by atoms with E-state index >= 15 is 0 Å². The van der Waals surface area contributed by atoms with Crippen LogP contribution in [-0.2, 0) is 9.53 Å². The number of carbonyl (C=O) groups excluding carboxylic acids is 1. The van der Waals surface area contributed by atoms with E-state index in [9.17, 15) is 4.79 Å². The van der Waals surface area contributed by atoms with Crippen LogP contribution in [0.5, 0.6) is 0 Å². The highest BCUT2D eigenvalue weighted by Crippen LogP contribution is 2.32. The number of morpholine rings is 1. The number of piperidine rings is 1. The zero-order valence-electron chi connectivity index (χ0n) is 11.3. The van der Waals surface area contributed by atoms with Crippen LogP contribution in [0.1, 0.15) is 57.8 Å². The second-order valence-electron chi connectivity index (χ2n) is 6.24. The fourth-order valence-electron chi connectivity index (χ4n) is 4.08. The summed E-state index contributed by atoms with van der Waals surface area (Å²) in [7, 11) is 0. The first-order valence-corrected chi connectivity index (χ1v) is 7.71. The molecule has 3 rings (SSSR count). The molecule has 2 atom stereocenters. The Morgan fingerprint density at radius 2 is 1.39 bits per heavy atom. The molecule has 2 heterocycles. The van der Waals surface area contributed by atoms with Crippen LogP contribution >= 0.6 is 0 Å². The van der Waals surface area contributed by atoms with Crippen LogP contribution in [-0.4, -0.2) is 42.0 Å². The van der Waals surface area contributed by atoms with E-state index in [1.807, 2.05) is 0 Å². The molecule has 0 aromatic carbocycles. The van der Waals surface area contributed by atoms with Gasteiger partial charge in [0.1, 0.15) is 5.78 Å². The Bertz CT molecular complexity index is 281. The predicted octanol–water partition coefficient (Wildman–Crippen LogP) is 2.53. The third kappa shape index (κ3) is 2.62. The average molecular weight is 251 g/mol. The minimum Gasteiger partial charge on any atom is -0.378 e.